The summed E-state index contributed by atoms with van der Waals surface area (Å²) in [6.07, 6.45) is 7.34. The van der Waals surface area contributed by atoms with E-state index in [1.165, 1.54) is 19.3 Å². The zero-order valence-electron chi connectivity index (χ0n) is 12.2. The average molecular weight is 274 g/mol. The van der Waals surface area contributed by atoms with Gasteiger partial charge in [0.25, 0.3) is 0 Å². The fourth-order valence-corrected chi connectivity index (χ4v) is 2.56. The Hall–Kier alpha value is -1.62. The topological polar surface area (TPSA) is 51.5 Å². The van der Waals surface area contributed by atoms with Crippen molar-refractivity contribution in [2.45, 2.75) is 45.1 Å². The first kappa shape index (κ1) is 13.4. The van der Waals surface area contributed by atoms with Crippen molar-refractivity contribution in [3.63, 3.8) is 0 Å². The second kappa shape index (κ2) is 5.79. The summed E-state index contributed by atoms with van der Waals surface area (Å²) in [4.78, 5) is 4.35. The van der Waals surface area contributed by atoms with Crippen LogP contribution in [0.5, 0.6) is 5.88 Å². The Labute approximate surface area is 119 Å². The van der Waals surface area contributed by atoms with Gasteiger partial charge >= 0.3 is 0 Å². The second-order valence-corrected chi connectivity index (χ2v) is 5.74. The number of hydrogen-bond donors (Lipinski definition) is 1. The van der Waals surface area contributed by atoms with Gasteiger partial charge in [-0.3, -0.25) is 0 Å². The van der Waals surface area contributed by atoms with Gasteiger partial charge in [-0.05, 0) is 31.4 Å². The van der Waals surface area contributed by atoms with E-state index in [0.29, 0.717) is 24.4 Å². The lowest BCUT2D eigenvalue weighted by Gasteiger charge is -2.23. The summed E-state index contributed by atoms with van der Waals surface area (Å²) in [5.41, 5.74) is 2.02. The number of piperidine rings is 1. The van der Waals surface area contributed by atoms with Crippen LogP contribution in [0, 0.1) is 0 Å². The fourth-order valence-electron chi connectivity index (χ4n) is 2.56. The van der Waals surface area contributed by atoms with Gasteiger partial charge < -0.3 is 10.1 Å². The summed E-state index contributed by atoms with van der Waals surface area (Å²) in [7, 11) is 0. The molecule has 2 aromatic rings. The summed E-state index contributed by atoms with van der Waals surface area (Å²) < 4.78 is 7.77. The van der Waals surface area contributed by atoms with E-state index in [1.807, 2.05) is 10.7 Å². The number of hydrogen-bond acceptors (Lipinski definition) is 4. The van der Waals surface area contributed by atoms with Crippen LogP contribution in [-0.4, -0.2) is 33.8 Å². The summed E-state index contributed by atoms with van der Waals surface area (Å²) in [5.74, 6) is 1.09. The van der Waals surface area contributed by atoms with Gasteiger partial charge in [-0.2, -0.15) is 5.10 Å². The Balaban J connectivity index is 1.76. The molecule has 0 spiro atoms. The zero-order chi connectivity index (χ0) is 13.9. The molecule has 2 aromatic heterocycles. The van der Waals surface area contributed by atoms with Crippen LogP contribution in [0.25, 0.3) is 5.52 Å². The van der Waals surface area contributed by atoms with Crippen molar-refractivity contribution in [1.82, 2.24) is 19.9 Å². The van der Waals surface area contributed by atoms with Gasteiger partial charge in [0.05, 0.1) is 5.69 Å². The maximum absolute atomic E-state index is 5.92. The third kappa shape index (κ3) is 2.77. The molecule has 0 radical (unpaired) electrons. The maximum atomic E-state index is 5.92. The SMILES string of the molecule is CC(C)c1cc2c(OCC3CCCCN3)nccn2n1. The minimum atomic E-state index is 0.405. The number of aromatic nitrogens is 3. The van der Waals surface area contributed by atoms with Gasteiger partial charge in [0, 0.05) is 18.4 Å². The minimum absolute atomic E-state index is 0.405. The molecular weight excluding hydrogens is 252 g/mol. The van der Waals surface area contributed by atoms with E-state index in [9.17, 15) is 0 Å². The average Bonchev–Trinajstić information content (AvgIpc) is 2.91. The van der Waals surface area contributed by atoms with Crippen molar-refractivity contribution < 1.29 is 4.74 Å². The highest BCUT2D eigenvalue weighted by Crippen LogP contribution is 2.21. The van der Waals surface area contributed by atoms with E-state index in [-0.39, 0.29) is 0 Å². The minimum Gasteiger partial charge on any atom is -0.474 e. The predicted octanol–water partition coefficient (Wildman–Crippen LogP) is 2.37. The molecule has 1 aliphatic rings. The molecule has 0 aromatic carbocycles. The third-order valence-corrected chi connectivity index (χ3v) is 3.80. The van der Waals surface area contributed by atoms with Crippen molar-refractivity contribution in [2.75, 3.05) is 13.2 Å². The number of nitrogens with one attached hydrogen (secondary N) is 1. The van der Waals surface area contributed by atoms with Crippen molar-refractivity contribution in [3.05, 3.63) is 24.2 Å². The van der Waals surface area contributed by atoms with Crippen molar-refractivity contribution in [3.8, 4) is 5.88 Å². The van der Waals surface area contributed by atoms with E-state index in [0.717, 1.165) is 17.8 Å². The van der Waals surface area contributed by atoms with Crippen molar-refractivity contribution >= 4 is 5.52 Å². The van der Waals surface area contributed by atoms with Crippen LogP contribution in [0.2, 0.25) is 0 Å². The molecule has 1 atom stereocenters. The van der Waals surface area contributed by atoms with Crippen LogP contribution in [0.3, 0.4) is 0 Å². The molecule has 5 heteroatoms. The summed E-state index contributed by atoms with van der Waals surface area (Å²) in [6.45, 7) is 6.05. The smallest absolute Gasteiger partial charge is 0.240 e. The summed E-state index contributed by atoms with van der Waals surface area (Å²) in [5, 5.41) is 8.03. The molecule has 0 amide bonds. The van der Waals surface area contributed by atoms with Crippen molar-refractivity contribution in [2.24, 2.45) is 0 Å². The first-order valence-corrected chi connectivity index (χ1v) is 7.44. The molecule has 1 N–H and O–H groups in total. The molecule has 0 bridgehead atoms. The van der Waals surface area contributed by atoms with E-state index in [2.05, 4.69) is 35.3 Å². The van der Waals surface area contributed by atoms with Gasteiger partial charge in [0.1, 0.15) is 12.1 Å². The molecular formula is C15H22N4O. The van der Waals surface area contributed by atoms with Crippen LogP contribution in [0.15, 0.2) is 18.5 Å². The Morgan fingerprint density at radius 3 is 3.10 bits per heavy atom. The highest BCUT2D eigenvalue weighted by molar-refractivity contribution is 5.56. The molecule has 1 fully saturated rings. The van der Waals surface area contributed by atoms with Crippen LogP contribution in [0.1, 0.15) is 44.7 Å². The van der Waals surface area contributed by atoms with Gasteiger partial charge in [-0.15, -0.1) is 0 Å². The molecule has 1 unspecified atom stereocenters. The second-order valence-electron chi connectivity index (χ2n) is 5.74. The Morgan fingerprint density at radius 2 is 2.35 bits per heavy atom. The first-order chi connectivity index (χ1) is 9.74. The normalized spacial score (nSPS) is 19.6. The number of rotatable bonds is 4. The molecule has 5 nitrogen and oxygen atoms in total. The molecule has 1 saturated heterocycles. The lowest BCUT2D eigenvalue weighted by molar-refractivity contribution is 0.233. The van der Waals surface area contributed by atoms with E-state index in [1.54, 1.807) is 6.20 Å². The molecule has 0 saturated carbocycles. The van der Waals surface area contributed by atoms with Gasteiger partial charge in [0.2, 0.25) is 5.88 Å². The lowest BCUT2D eigenvalue weighted by atomic mass is 10.1. The Bertz CT molecular complexity index is 572. The summed E-state index contributed by atoms with van der Waals surface area (Å²) in [6, 6.07) is 2.51. The van der Waals surface area contributed by atoms with E-state index >= 15 is 0 Å². The zero-order valence-corrected chi connectivity index (χ0v) is 12.2. The molecule has 3 rings (SSSR count). The summed E-state index contributed by atoms with van der Waals surface area (Å²) >= 11 is 0. The number of fused-ring (bicyclic) bond motifs is 1. The molecule has 3 heterocycles. The lowest BCUT2D eigenvalue weighted by Crippen LogP contribution is -2.38. The first-order valence-electron chi connectivity index (χ1n) is 7.44. The monoisotopic (exact) mass is 274 g/mol. The highest BCUT2D eigenvalue weighted by atomic mass is 16.5. The molecule has 1 aliphatic heterocycles. The predicted molar refractivity (Wildman–Crippen MR) is 78.2 cm³/mol. The molecule has 0 aliphatic carbocycles. The maximum Gasteiger partial charge on any atom is 0.240 e. The van der Waals surface area contributed by atoms with Crippen LogP contribution in [-0.2, 0) is 0 Å². The Morgan fingerprint density at radius 1 is 1.45 bits per heavy atom. The van der Waals surface area contributed by atoms with E-state index < -0.39 is 0 Å². The van der Waals surface area contributed by atoms with Crippen LogP contribution >= 0.6 is 0 Å². The fraction of sp³-hybridized carbons (Fsp3) is 0.600. The van der Waals surface area contributed by atoms with E-state index in [4.69, 9.17) is 4.74 Å². The number of nitrogens with zero attached hydrogens (tertiary/aromatic N) is 3. The van der Waals surface area contributed by atoms with Crippen LogP contribution < -0.4 is 10.1 Å². The molecule has 20 heavy (non-hydrogen) atoms. The highest BCUT2D eigenvalue weighted by Gasteiger charge is 2.15. The van der Waals surface area contributed by atoms with Crippen molar-refractivity contribution in [1.29, 1.82) is 0 Å². The Kier molecular flexibility index (Phi) is 3.87. The number of ether oxygens (including phenoxy) is 1. The van der Waals surface area contributed by atoms with Crippen LogP contribution in [0.4, 0.5) is 0 Å². The molecule has 108 valence electrons. The third-order valence-electron chi connectivity index (χ3n) is 3.80. The standard InChI is InChI=1S/C15H22N4O/c1-11(2)13-9-14-15(17-7-8-19(14)18-13)20-10-12-5-3-4-6-16-12/h7-9,11-12,16H,3-6,10H2,1-2H3. The largest absolute Gasteiger partial charge is 0.474 e. The van der Waals surface area contributed by atoms with Gasteiger partial charge in [-0.1, -0.05) is 20.3 Å². The van der Waals surface area contributed by atoms with Gasteiger partial charge in [0.15, 0.2) is 0 Å². The quantitative estimate of drug-likeness (QED) is 0.930. The van der Waals surface area contributed by atoms with Gasteiger partial charge in [-0.25, -0.2) is 9.50 Å².